The van der Waals surface area contributed by atoms with Gasteiger partial charge in [-0.05, 0) is 126 Å². The average molecular weight is 832 g/mol. The van der Waals surface area contributed by atoms with E-state index in [1.807, 2.05) is 11.3 Å². The summed E-state index contributed by atoms with van der Waals surface area (Å²) in [6.45, 7) is 4.77. The van der Waals surface area contributed by atoms with E-state index in [0.717, 1.165) is 17.1 Å². The molecule has 1 nitrogen and oxygen atoms in total. The van der Waals surface area contributed by atoms with Crippen molar-refractivity contribution in [3.05, 3.63) is 246 Å². The summed E-state index contributed by atoms with van der Waals surface area (Å²) >= 11 is 1.89. The average Bonchev–Trinajstić information content (AvgIpc) is 4.04. The minimum Gasteiger partial charge on any atom is -0.310 e. The van der Waals surface area contributed by atoms with Gasteiger partial charge in [0.1, 0.15) is 0 Å². The van der Waals surface area contributed by atoms with Crippen LogP contribution in [0.25, 0.3) is 75.5 Å². The number of fused-ring (bicyclic) bond motifs is 18. The molecule has 14 rings (SSSR count). The molecule has 300 valence electrons. The standard InChI is InChI=1S/C62H41NS/c1-61(2)50-24-9-3-17-41(50)45-33-31-39(36-54(45)61)63(56-28-13-7-21-47(56)48-23-15-16-38-30-35-58-60(59(38)48)49-22-8-14-29-57(49)64-58)40-32-34-46-44-20-6-12-27-53(44)62(55(46)37-40)51-25-10-4-18-42(51)43-19-5-11-26-52(43)62/h3-37H,1-2H3. The predicted molar refractivity (Wildman–Crippen MR) is 271 cm³/mol. The van der Waals surface area contributed by atoms with Crippen LogP contribution in [0.4, 0.5) is 17.1 Å². The van der Waals surface area contributed by atoms with Gasteiger partial charge in [0.15, 0.2) is 0 Å². The molecular formula is C62H41NS. The number of hydrogen-bond acceptors (Lipinski definition) is 2. The number of nitrogens with zero attached hydrogens (tertiary/aromatic N) is 1. The quantitative estimate of drug-likeness (QED) is 0.171. The minimum absolute atomic E-state index is 0.157. The summed E-state index contributed by atoms with van der Waals surface area (Å²) in [5, 5.41) is 5.21. The maximum Gasteiger partial charge on any atom is 0.0726 e. The van der Waals surface area contributed by atoms with E-state index in [9.17, 15) is 0 Å². The van der Waals surface area contributed by atoms with E-state index < -0.39 is 5.41 Å². The van der Waals surface area contributed by atoms with Crippen LogP contribution < -0.4 is 4.90 Å². The van der Waals surface area contributed by atoms with Crippen LogP contribution >= 0.6 is 11.3 Å². The Morgan fingerprint density at radius 1 is 0.344 bits per heavy atom. The van der Waals surface area contributed by atoms with E-state index in [-0.39, 0.29) is 5.41 Å². The van der Waals surface area contributed by atoms with Crippen molar-refractivity contribution in [2.24, 2.45) is 0 Å². The number of para-hydroxylation sites is 1. The molecule has 0 atom stereocenters. The van der Waals surface area contributed by atoms with Crippen molar-refractivity contribution in [2.75, 3.05) is 4.90 Å². The molecule has 0 amide bonds. The molecule has 0 unspecified atom stereocenters. The summed E-state index contributed by atoms with van der Waals surface area (Å²) in [6, 6.07) is 80.3. The third kappa shape index (κ3) is 4.63. The first-order valence-electron chi connectivity index (χ1n) is 22.4. The SMILES string of the molecule is CC1(C)c2ccccc2-c2ccc(N(c3ccc4c(c3)C3(c5ccccc5-c5ccccc53)c3ccccc3-4)c3ccccc3-c3cccc4ccc5sc6ccccc6c5c34)cc21. The van der Waals surface area contributed by atoms with Gasteiger partial charge in [0.05, 0.1) is 11.1 Å². The summed E-state index contributed by atoms with van der Waals surface area (Å²) in [5.74, 6) is 0. The fourth-order valence-corrected chi connectivity index (χ4v) is 13.3. The molecule has 3 aliphatic carbocycles. The molecule has 1 heterocycles. The van der Waals surface area contributed by atoms with E-state index in [4.69, 9.17) is 0 Å². The second-order valence-corrected chi connectivity index (χ2v) is 19.4. The number of rotatable bonds is 4. The van der Waals surface area contributed by atoms with E-state index in [2.05, 4.69) is 231 Å². The van der Waals surface area contributed by atoms with Gasteiger partial charge in [-0.3, -0.25) is 0 Å². The minimum atomic E-state index is -0.455. The van der Waals surface area contributed by atoms with Gasteiger partial charge in [-0.1, -0.05) is 184 Å². The summed E-state index contributed by atoms with van der Waals surface area (Å²) < 4.78 is 2.64. The third-order valence-corrected chi connectivity index (χ3v) is 16.0. The van der Waals surface area contributed by atoms with Crippen molar-refractivity contribution < 1.29 is 0 Å². The van der Waals surface area contributed by atoms with Crippen LogP contribution in [0.3, 0.4) is 0 Å². The van der Waals surface area contributed by atoms with Gasteiger partial charge in [0.25, 0.3) is 0 Å². The Labute approximate surface area is 377 Å². The van der Waals surface area contributed by atoms with Gasteiger partial charge in [0, 0.05) is 42.5 Å². The second kappa shape index (κ2) is 13.0. The summed E-state index contributed by atoms with van der Waals surface area (Å²) in [7, 11) is 0. The van der Waals surface area contributed by atoms with Gasteiger partial charge >= 0.3 is 0 Å². The Hall–Kier alpha value is -7.52. The summed E-state index contributed by atoms with van der Waals surface area (Å²) in [5.41, 5.74) is 21.3. The third-order valence-electron chi connectivity index (χ3n) is 14.9. The maximum atomic E-state index is 2.56. The zero-order valence-corrected chi connectivity index (χ0v) is 36.4. The highest BCUT2D eigenvalue weighted by Gasteiger charge is 2.51. The molecule has 1 spiro atoms. The molecule has 0 aliphatic heterocycles. The van der Waals surface area contributed by atoms with Crippen molar-refractivity contribution in [3.63, 3.8) is 0 Å². The van der Waals surface area contributed by atoms with Crippen LogP contribution in [0.1, 0.15) is 47.2 Å². The van der Waals surface area contributed by atoms with Crippen molar-refractivity contribution in [1.29, 1.82) is 0 Å². The monoisotopic (exact) mass is 831 g/mol. The summed E-state index contributed by atoms with van der Waals surface area (Å²) in [4.78, 5) is 2.56. The lowest BCUT2D eigenvalue weighted by molar-refractivity contribution is 0.660. The van der Waals surface area contributed by atoms with Crippen LogP contribution in [0.15, 0.2) is 212 Å². The maximum absolute atomic E-state index is 2.56. The highest BCUT2D eigenvalue weighted by atomic mass is 32.1. The topological polar surface area (TPSA) is 3.24 Å². The lowest BCUT2D eigenvalue weighted by Gasteiger charge is -2.33. The van der Waals surface area contributed by atoms with Gasteiger partial charge in [-0.15, -0.1) is 11.3 Å². The summed E-state index contributed by atoms with van der Waals surface area (Å²) in [6.07, 6.45) is 0. The fraction of sp³-hybridized carbons (Fsp3) is 0.0645. The zero-order chi connectivity index (χ0) is 42.3. The van der Waals surface area contributed by atoms with E-state index >= 15 is 0 Å². The first-order chi connectivity index (χ1) is 31.5. The second-order valence-electron chi connectivity index (χ2n) is 18.3. The number of hydrogen-bond donors (Lipinski definition) is 0. The Morgan fingerprint density at radius 3 is 1.52 bits per heavy atom. The lowest BCUT2D eigenvalue weighted by atomic mass is 9.70. The first-order valence-corrected chi connectivity index (χ1v) is 23.2. The van der Waals surface area contributed by atoms with Gasteiger partial charge in [-0.2, -0.15) is 0 Å². The number of thiophene rings is 1. The Bertz CT molecular complexity index is 3730. The molecule has 0 fully saturated rings. The van der Waals surface area contributed by atoms with Crippen molar-refractivity contribution in [2.45, 2.75) is 24.7 Å². The normalized spacial score (nSPS) is 14.3. The molecule has 0 saturated carbocycles. The molecule has 2 heteroatoms. The lowest BCUT2D eigenvalue weighted by Crippen LogP contribution is -2.26. The highest BCUT2D eigenvalue weighted by molar-refractivity contribution is 7.26. The molecule has 0 bridgehead atoms. The highest BCUT2D eigenvalue weighted by Crippen LogP contribution is 2.63. The Balaban J connectivity index is 1.06. The molecule has 1 aromatic heterocycles. The van der Waals surface area contributed by atoms with Gasteiger partial charge in [0.2, 0.25) is 0 Å². The van der Waals surface area contributed by atoms with Crippen LogP contribution in [0.2, 0.25) is 0 Å². The predicted octanol–water partition coefficient (Wildman–Crippen LogP) is 17.0. The molecule has 0 saturated heterocycles. The first kappa shape index (κ1) is 36.0. The van der Waals surface area contributed by atoms with Crippen LogP contribution in [0.5, 0.6) is 0 Å². The molecule has 3 aliphatic rings. The molecule has 64 heavy (non-hydrogen) atoms. The number of benzene rings is 10. The number of anilines is 3. The van der Waals surface area contributed by atoms with E-state index in [0.29, 0.717) is 0 Å². The smallest absolute Gasteiger partial charge is 0.0726 e. The molecule has 11 aromatic rings. The fourth-order valence-electron chi connectivity index (χ4n) is 12.2. The van der Waals surface area contributed by atoms with Crippen LogP contribution in [0, 0.1) is 0 Å². The van der Waals surface area contributed by atoms with E-state index in [1.54, 1.807) is 0 Å². The van der Waals surface area contributed by atoms with Gasteiger partial charge in [-0.25, -0.2) is 0 Å². The zero-order valence-electron chi connectivity index (χ0n) is 35.6. The molecular weight excluding hydrogens is 791 g/mol. The largest absolute Gasteiger partial charge is 0.310 e. The van der Waals surface area contributed by atoms with Gasteiger partial charge < -0.3 is 4.90 Å². The van der Waals surface area contributed by atoms with Crippen LogP contribution in [-0.4, -0.2) is 0 Å². The van der Waals surface area contributed by atoms with Crippen molar-refractivity contribution in [3.8, 4) is 44.5 Å². The molecule has 0 radical (unpaired) electrons. The Morgan fingerprint density at radius 2 is 0.844 bits per heavy atom. The molecule has 0 N–H and O–H groups in total. The van der Waals surface area contributed by atoms with E-state index in [1.165, 1.54) is 109 Å². The van der Waals surface area contributed by atoms with Crippen molar-refractivity contribution in [1.82, 2.24) is 0 Å². The van der Waals surface area contributed by atoms with Crippen LogP contribution in [-0.2, 0) is 10.8 Å². The van der Waals surface area contributed by atoms with Crippen molar-refractivity contribution >= 4 is 59.3 Å². The molecule has 10 aromatic carbocycles. The Kier molecular flexibility index (Phi) is 7.32.